The third kappa shape index (κ3) is 2.88. The van der Waals surface area contributed by atoms with Gasteiger partial charge in [0.1, 0.15) is 0 Å². The first kappa shape index (κ1) is 12.2. The van der Waals surface area contributed by atoms with E-state index in [1.807, 2.05) is 0 Å². The molecule has 0 bridgehead atoms. The number of hydrogen-bond acceptors (Lipinski definition) is 2. The number of nitrogens with two attached hydrogens (primary N) is 1. The molecule has 0 aliphatic heterocycles. The summed E-state index contributed by atoms with van der Waals surface area (Å²) in [6.07, 6.45) is 2.44. The van der Waals surface area contributed by atoms with Crippen molar-refractivity contribution in [2.75, 3.05) is 6.61 Å². The van der Waals surface area contributed by atoms with Crippen LogP contribution in [0.1, 0.15) is 19.3 Å². The van der Waals surface area contributed by atoms with Crippen LogP contribution in [-0.4, -0.2) is 12.4 Å². The Labute approximate surface area is 104 Å². The van der Waals surface area contributed by atoms with Gasteiger partial charge < -0.3 is 10.5 Å². The number of benzene rings is 1. The Kier molecular flexibility index (Phi) is 3.24. The van der Waals surface area contributed by atoms with Gasteiger partial charge in [0.25, 0.3) is 0 Å². The molecule has 0 radical (unpaired) electrons. The van der Waals surface area contributed by atoms with E-state index in [1.54, 1.807) is 12.1 Å². The summed E-state index contributed by atoms with van der Waals surface area (Å²) in [5.41, 5.74) is 5.31. The minimum atomic E-state index is -0.534. The minimum Gasteiger partial charge on any atom is -0.490 e. The highest BCUT2D eigenvalue weighted by Gasteiger charge is 2.44. The molecule has 2 rings (SSSR count). The molecule has 0 unspecified atom stereocenters. The van der Waals surface area contributed by atoms with Gasteiger partial charge in [-0.1, -0.05) is 17.7 Å². The number of nitrogens with one attached hydrogen (secondary N) is 1. The quantitative estimate of drug-likeness (QED) is 0.629. The van der Waals surface area contributed by atoms with Crippen molar-refractivity contribution in [3.05, 3.63) is 29.0 Å². The zero-order valence-corrected chi connectivity index (χ0v) is 10.1. The summed E-state index contributed by atoms with van der Waals surface area (Å²) in [5.74, 6) is -0.224. The van der Waals surface area contributed by atoms with E-state index < -0.39 is 5.82 Å². The van der Waals surface area contributed by atoms with Crippen LogP contribution in [0.3, 0.4) is 0 Å². The highest BCUT2D eigenvalue weighted by Crippen LogP contribution is 2.49. The van der Waals surface area contributed by atoms with Gasteiger partial charge in [0.2, 0.25) is 0 Å². The van der Waals surface area contributed by atoms with Crippen molar-refractivity contribution in [3.63, 3.8) is 0 Å². The van der Waals surface area contributed by atoms with E-state index >= 15 is 0 Å². The molecule has 0 spiro atoms. The molecular formula is C12H14ClFN2O. The van der Waals surface area contributed by atoms with E-state index in [2.05, 4.69) is 0 Å². The first-order valence-corrected chi connectivity index (χ1v) is 5.80. The van der Waals surface area contributed by atoms with Crippen molar-refractivity contribution >= 4 is 17.4 Å². The van der Waals surface area contributed by atoms with Gasteiger partial charge in [-0.3, -0.25) is 5.41 Å². The predicted octanol–water partition coefficient (Wildman–Crippen LogP) is 2.96. The molecule has 0 amide bonds. The topological polar surface area (TPSA) is 59.1 Å². The standard InChI is InChI=1S/C12H14ClFN2O/c13-8-2-1-3-9(11(8)14)17-7-12(4-5-12)6-10(15)16/h1-3H,4-7H2,(H3,15,16). The second-order valence-electron chi connectivity index (χ2n) is 4.54. The van der Waals surface area contributed by atoms with Gasteiger partial charge in [-0.15, -0.1) is 0 Å². The Bertz CT molecular complexity index is 446. The first-order chi connectivity index (χ1) is 8.02. The average molecular weight is 257 g/mol. The molecule has 1 saturated carbocycles. The Hall–Kier alpha value is -1.29. The van der Waals surface area contributed by atoms with Gasteiger partial charge in [0, 0.05) is 11.8 Å². The molecule has 0 atom stereocenters. The maximum absolute atomic E-state index is 13.5. The zero-order valence-electron chi connectivity index (χ0n) is 9.30. The number of ether oxygens (including phenoxy) is 1. The fourth-order valence-corrected chi connectivity index (χ4v) is 1.95. The molecule has 92 valence electrons. The van der Waals surface area contributed by atoms with Gasteiger partial charge in [-0.25, -0.2) is 4.39 Å². The van der Waals surface area contributed by atoms with Crippen LogP contribution in [0.15, 0.2) is 18.2 Å². The molecule has 3 nitrogen and oxygen atoms in total. The van der Waals surface area contributed by atoms with Gasteiger partial charge in [-0.05, 0) is 25.0 Å². The molecule has 1 aromatic carbocycles. The SMILES string of the molecule is N=C(N)CC1(COc2cccc(Cl)c2F)CC1. The predicted molar refractivity (Wildman–Crippen MR) is 65.1 cm³/mol. The van der Waals surface area contributed by atoms with Gasteiger partial charge >= 0.3 is 0 Å². The number of amidine groups is 1. The summed E-state index contributed by atoms with van der Waals surface area (Å²) in [6, 6.07) is 4.67. The van der Waals surface area contributed by atoms with Gasteiger partial charge in [0.05, 0.1) is 17.5 Å². The first-order valence-electron chi connectivity index (χ1n) is 5.42. The van der Waals surface area contributed by atoms with Crippen molar-refractivity contribution in [3.8, 4) is 5.75 Å². The highest BCUT2D eigenvalue weighted by molar-refractivity contribution is 6.30. The van der Waals surface area contributed by atoms with Crippen LogP contribution in [0.4, 0.5) is 4.39 Å². The van der Waals surface area contributed by atoms with E-state index in [0.717, 1.165) is 12.8 Å². The van der Waals surface area contributed by atoms with E-state index in [0.29, 0.717) is 13.0 Å². The van der Waals surface area contributed by atoms with Crippen LogP contribution in [0, 0.1) is 16.6 Å². The van der Waals surface area contributed by atoms with Gasteiger partial charge in [-0.2, -0.15) is 0 Å². The number of rotatable bonds is 5. The Morgan fingerprint density at radius 1 is 1.53 bits per heavy atom. The van der Waals surface area contributed by atoms with E-state index in [9.17, 15) is 4.39 Å². The Balaban J connectivity index is 1.98. The largest absolute Gasteiger partial charge is 0.490 e. The second kappa shape index (κ2) is 4.53. The molecule has 0 aromatic heterocycles. The van der Waals surface area contributed by atoms with Crippen molar-refractivity contribution in [2.24, 2.45) is 11.1 Å². The Morgan fingerprint density at radius 2 is 2.24 bits per heavy atom. The van der Waals surface area contributed by atoms with Crippen LogP contribution in [0.2, 0.25) is 5.02 Å². The molecule has 1 aromatic rings. The third-order valence-corrected chi connectivity index (χ3v) is 3.26. The van der Waals surface area contributed by atoms with Crippen LogP contribution in [0.25, 0.3) is 0 Å². The molecule has 1 aliphatic rings. The van der Waals surface area contributed by atoms with Crippen LogP contribution in [-0.2, 0) is 0 Å². The van der Waals surface area contributed by atoms with Crippen molar-refractivity contribution < 1.29 is 9.13 Å². The zero-order chi connectivity index (χ0) is 12.5. The lowest BCUT2D eigenvalue weighted by atomic mass is 10.0. The normalized spacial score (nSPS) is 16.6. The van der Waals surface area contributed by atoms with Crippen molar-refractivity contribution in [2.45, 2.75) is 19.3 Å². The minimum absolute atomic E-state index is 0.0546. The van der Waals surface area contributed by atoms with E-state index in [1.165, 1.54) is 6.07 Å². The molecule has 0 heterocycles. The maximum atomic E-state index is 13.5. The third-order valence-electron chi connectivity index (χ3n) is 2.97. The fourth-order valence-electron chi connectivity index (χ4n) is 1.78. The summed E-state index contributed by atoms with van der Waals surface area (Å²) >= 11 is 5.65. The highest BCUT2D eigenvalue weighted by atomic mass is 35.5. The summed E-state index contributed by atoms with van der Waals surface area (Å²) in [5, 5.41) is 7.33. The van der Waals surface area contributed by atoms with Crippen LogP contribution in [0.5, 0.6) is 5.75 Å². The fraction of sp³-hybridized carbons (Fsp3) is 0.417. The van der Waals surface area contributed by atoms with Crippen molar-refractivity contribution in [1.29, 1.82) is 5.41 Å². The monoisotopic (exact) mass is 256 g/mol. The summed E-state index contributed by atoms with van der Waals surface area (Å²) in [6.45, 7) is 0.379. The number of halogens is 2. The summed E-state index contributed by atoms with van der Waals surface area (Å²) < 4.78 is 19.0. The second-order valence-corrected chi connectivity index (χ2v) is 4.95. The lowest BCUT2D eigenvalue weighted by Gasteiger charge is -2.15. The molecular weight excluding hydrogens is 243 g/mol. The Morgan fingerprint density at radius 3 is 2.82 bits per heavy atom. The maximum Gasteiger partial charge on any atom is 0.183 e. The van der Waals surface area contributed by atoms with Crippen LogP contribution < -0.4 is 10.5 Å². The molecule has 0 saturated heterocycles. The lowest BCUT2D eigenvalue weighted by molar-refractivity contribution is 0.229. The van der Waals surface area contributed by atoms with Crippen LogP contribution >= 0.6 is 11.6 Å². The van der Waals surface area contributed by atoms with Gasteiger partial charge in [0.15, 0.2) is 11.6 Å². The van der Waals surface area contributed by atoms with E-state index in [-0.39, 0.29) is 22.0 Å². The smallest absolute Gasteiger partial charge is 0.183 e. The van der Waals surface area contributed by atoms with E-state index in [4.69, 9.17) is 27.5 Å². The summed E-state index contributed by atoms with van der Waals surface area (Å²) in [4.78, 5) is 0. The summed E-state index contributed by atoms with van der Waals surface area (Å²) in [7, 11) is 0. The molecule has 1 fully saturated rings. The average Bonchev–Trinajstić information content (AvgIpc) is 3.00. The molecule has 1 aliphatic carbocycles. The molecule has 3 N–H and O–H groups in total. The lowest BCUT2D eigenvalue weighted by Crippen LogP contribution is -2.22. The number of hydrogen-bond donors (Lipinski definition) is 2. The molecule has 17 heavy (non-hydrogen) atoms. The van der Waals surface area contributed by atoms with Crippen molar-refractivity contribution in [1.82, 2.24) is 0 Å². The molecule has 5 heteroatoms.